The fraction of sp³-hybridized carbons (Fsp3) is 0.571. The Morgan fingerprint density at radius 3 is 2.43 bits per heavy atom. The molecule has 2 fully saturated rings. The van der Waals surface area contributed by atoms with Gasteiger partial charge in [-0.2, -0.15) is 0 Å². The van der Waals surface area contributed by atoms with Crippen LogP contribution in [0.1, 0.15) is 63.5 Å². The monoisotopic (exact) mass is 311 g/mol. The summed E-state index contributed by atoms with van der Waals surface area (Å²) in [5.74, 6) is 3.05. The minimum Gasteiger partial charge on any atom is -0.350 e. The van der Waals surface area contributed by atoms with Gasteiger partial charge in [0.1, 0.15) is 0 Å². The maximum absolute atomic E-state index is 12.2. The summed E-state index contributed by atoms with van der Waals surface area (Å²) in [5, 5.41) is 3.18. The third kappa shape index (κ3) is 3.85. The third-order valence-corrected chi connectivity index (χ3v) is 5.84. The summed E-state index contributed by atoms with van der Waals surface area (Å²) in [5.41, 5.74) is 2.41. The minimum atomic E-state index is 0.0354. The molecule has 0 unspecified atom stereocenters. The summed E-state index contributed by atoms with van der Waals surface area (Å²) in [6.45, 7) is 6.55. The summed E-state index contributed by atoms with van der Waals surface area (Å²) in [6, 6.07) is 8.74. The topological polar surface area (TPSA) is 29.1 Å². The van der Waals surface area contributed by atoms with Crippen LogP contribution >= 0.6 is 0 Å². The lowest BCUT2D eigenvalue weighted by molar-refractivity contribution is -0.117. The van der Waals surface area contributed by atoms with Gasteiger partial charge >= 0.3 is 0 Å². The van der Waals surface area contributed by atoms with Gasteiger partial charge in [0.25, 0.3) is 0 Å². The number of amides is 1. The summed E-state index contributed by atoms with van der Waals surface area (Å²) < 4.78 is 0. The Morgan fingerprint density at radius 1 is 1.13 bits per heavy atom. The zero-order valence-corrected chi connectivity index (χ0v) is 14.6. The van der Waals surface area contributed by atoms with Crippen LogP contribution in [0.4, 0.5) is 0 Å². The van der Waals surface area contributed by atoms with Crippen molar-refractivity contribution in [3.8, 4) is 0 Å². The quantitative estimate of drug-likeness (QED) is 0.780. The lowest BCUT2D eigenvalue weighted by Crippen LogP contribution is -2.39. The van der Waals surface area contributed by atoms with E-state index < -0.39 is 0 Å². The average molecular weight is 311 g/mol. The van der Waals surface area contributed by atoms with Crippen LogP contribution in [-0.2, 0) is 4.79 Å². The molecule has 124 valence electrons. The third-order valence-electron chi connectivity index (χ3n) is 5.84. The number of rotatable bonds is 5. The predicted molar refractivity (Wildman–Crippen MR) is 96.1 cm³/mol. The highest BCUT2D eigenvalue weighted by molar-refractivity contribution is 5.91. The smallest absolute Gasteiger partial charge is 0.244 e. The molecule has 23 heavy (non-hydrogen) atoms. The van der Waals surface area contributed by atoms with Crippen LogP contribution in [0, 0.1) is 17.8 Å². The Balaban J connectivity index is 1.52. The maximum Gasteiger partial charge on any atom is 0.244 e. The van der Waals surface area contributed by atoms with Crippen LogP contribution < -0.4 is 5.32 Å². The van der Waals surface area contributed by atoms with Gasteiger partial charge in [-0.3, -0.25) is 4.79 Å². The lowest BCUT2D eigenvalue weighted by Gasteiger charge is -2.28. The van der Waals surface area contributed by atoms with Crippen LogP contribution in [0.2, 0.25) is 0 Å². The Morgan fingerprint density at radius 2 is 1.87 bits per heavy atom. The molecule has 0 spiro atoms. The van der Waals surface area contributed by atoms with Crippen molar-refractivity contribution in [1.82, 2.24) is 5.32 Å². The van der Waals surface area contributed by atoms with E-state index in [1.807, 2.05) is 6.08 Å². The number of carbonyl (C=O) groups excluding carboxylic acids is 1. The van der Waals surface area contributed by atoms with E-state index >= 15 is 0 Å². The second-order valence-corrected chi connectivity index (χ2v) is 7.79. The minimum absolute atomic E-state index is 0.0354. The fourth-order valence-electron chi connectivity index (χ4n) is 4.45. The van der Waals surface area contributed by atoms with Gasteiger partial charge in [-0.1, -0.05) is 44.5 Å². The van der Waals surface area contributed by atoms with Gasteiger partial charge in [0.05, 0.1) is 0 Å². The molecule has 3 rings (SSSR count). The molecule has 0 aliphatic heterocycles. The van der Waals surface area contributed by atoms with Crippen molar-refractivity contribution >= 4 is 12.0 Å². The van der Waals surface area contributed by atoms with Crippen molar-refractivity contribution in [3.63, 3.8) is 0 Å². The normalized spacial score (nSPS) is 27.7. The number of hydrogen-bond acceptors (Lipinski definition) is 1. The van der Waals surface area contributed by atoms with E-state index in [9.17, 15) is 4.79 Å². The first-order valence-corrected chi connectivity index (χ1v) is 9.11. The molecule has 0 saturated heterocycles. The average Bonchev–Trinajstić information content (AvgIpc) is 3.16. The molecule has 2 aliphatic rings. The van der Waals surface area contributed by atoms with Crippen LogP contribution in [0.3, 0.4) is 0 Å². The second-order valence-electron chi connectivity index (χ2n) is 7.79. The van der Waals surface area contributed by atoms with Crippen molar-refractivity contribution in [1.29, 1.82) is 0 Å². The zero-order valence-electron chi connectivity index (χ0n) is 14.6. The SMILES string of the molecule is CC(C)c1ccc(/C=C/C(=O)N[C@@H](C)[C@@H]2C[C@H]3CC[C@H]2C3)cc1. The predicted octanol–water partition coefficient (Wildman–Crippen LogP) is 4.76. The number of nitrogens with one attached hydrogen (secondary N) is 1. The number of carbonyl (C=O) groups is 1. The van der Waals surface area contributed by atoms with Gasteiger partial charge < -0.3 is 5.32 Å². The van der Waals surface area contributed by atoms with Gasteiger partial charge in [0.2, 0.25) is 5.91 Å². The summed E-state index contributed by atoms with van der Waals surface area (Å²) >= 11 is 0. The molecule has 1 N–H and O–H groups in total. The van der Waals surface area contributed by atoms with E-state index in [4.69, 9.17) is 0 Å². The highest BCUT2D eigenvalue weighted by atomic mass is 16.1. The molecule has 2 heteroatoms. The van der Waals surface area contributed by atoms with Crippen molar-refractivity contribution in [2.75, 3.05) is 0 Å². The first-order chi connectivity index (χ1) is 11.0. The summed E-state index contributed by atoms with van der Waals surface area (Å²) in [7, 11) is 0. The first-order valence-electron chi connectivity index (χ1n) is 9.11. The van der Waals surface area contributed by atoms with E-state index in [2.05, 4.69) is 50.4 Å². The van der Waals surface area contributed by atoms with Crippen molar-refractivity contribution in [2.45, 2.75) is 58.4 Å². The van der Waals surface area contributed by atoms with E-state index in [1.54, 1.807) is 6.08 Å². The standard InChI is InChI=1S/C21H29NO/c1-14(2)18-8-4-16(5-9-18)7-11-21(23)22-15(3)20-13-17-6-10-19(20)12-17/h4-5,7-9,11,14-15,17,19-20H,6,10,12-13H2,1-3H3,(H,22,23)/b11-7+/t15-,17-,19-,20-/m0/s1. The van der Waals surface area contributed by atoms with Gasteiger partial charge in [-0.05, 0) is 67.1 Å². The molecule has 2 bridgehead atoms. The molecule has 1 amide bonds. The molecule has 1 aromatic carbocycles. The lowest BCUT2D eigenvalue weighted by atomic mass is 9.84. The summed E-state index contributed by atoms with van der Waals surface area (Å²) in [6.07, 6.45) is 9.07. The van der Waals surface area contributed by atoms with Crippen LogP contribution in [-0.4, -0.2) is 11.9 Å². The van der Waals surface area contributed by atoms with Crippen LogP contribution in [0.5, 0.6) is 0 Å². The number of fused-ring (bicyclic) bond motifs is 2. The Labute approximate surface area is 140 Å². The largest absolute Gasteiger partial charge is 0.350 e. The van der Waals surface area contributed by atoms with Crippen molar-refractivity contribution in [2.24, 2.45) is 17.8 Å². The molecule has 1 aromatic rings. The van der Waals surface area contributed by atoms with Crippen molar-refractivity contribution < 1.29 is 4.79 Å². The molecule has 2 saturated carbocycles. The molecule has 4 atom stereocenters. The molecule has 0 heterocycles. The second kappa shape index (κ2) is 6.90. The maximum atomic E-state index is 12.2. The number of benzene rings is 1. The molecular formula is C21H29NO. The Hall–Kier alpha value is -1.57. The van der Waals surface area contributed by atoms with Crippen LogP contribution in [0.25, 0.3) is 6.08 Å². The van der Waals surface area contributed by atoms with E-state index in [0.29, 0.717) is 17.9 Å². The molecule has 2 aliphatic carbocycles. The van der Waals surface area contributed by atoms with E-state index in [1.165, 1.54) is 31.2 Å². The van der Waals surface area contributed by atoms with Crippen LogP contribution in [0.15, 0.2) is 30.3 Å². The van der Waals surface area contributed by atoms with E-state index in [-0.39, 0.29) is 5.91 Å². The van der Waals surface area contributed by atoms with Gasteiger partial charge in [-0.15, -0.1) is 0 Å². The fourth-order valence-corrected chi connectivity index (χ4v) is 4.45. The highest BCUT2D eigenvalue weighted by Gasteiger charge is 2.41. The van der Waals surface area contributed by atoms with Gasteiger partial charge in [-0.25, -0.2) is 0 Å². The molecule has 0 radical (unpaired) electrons. The first kappa shape index (κ1) is 16.3. The van der Waals surface area contributed by atoms with Gasteiger partial charge in [0.15, 0.2) is 0 Å². The summed E-state index contributed by atoms with van der Waals surface area (Å²) in [4.78, 5) is 12.2. The Bertz CT molecular complexity index is 572. The molecular weight excluding hydrogens is 282 g/mol. The highest BCUT2D eigenvalue weighted by Crippen LogP contribution is 2.49. The molecule has 2 nitrogen and oxygen atoms in total. The van der Waals surface area contributed by atoms with Crippen molar-refractivity contribution in [3.05, 3.63) is 41.5 Å². The van der Waals surface area contributed by atoms with E-state index in [0.717, 1.165) is 17.4 Å². The molecule has 0 aromatic heterocycles. The Kier molecular flexibility index (Phi) is 4.89. The van der Waals surface area contributed by atoms with Gasteiger partial charge in [0, 0.05) is 12.1 Å². The number of hydrogen-bond donors (Lipinski definition) is 1. The zero-order chi connectivity index (χ0) is 16.4.